The Morgan fingerprint density at radius 2 is 1.34 bits per heavy atom. The maximum absolute atomic E-state index is 11.7. The summed E-state index contributed by atoms with van der Waals surface area (Å²) in [5.41, 5.74) is 0. The van der Waals surface area contributed by atoms with Crippen molar-refractivity contribution >= 4 is 5.91 Å². The van der Waals surface area contributed by atoms with Crippen LogP contribution in [0.25, 0.3) is 0 Å². The van der Waals surface area contributed by atoms with E-state index in [-0.39, 0.29) is 5.91 Å². The first kappa shape index (κ1) is 28.1. The third kappa shape index (κ3) is 25.1. The molecule has 1 amide bonds. The third-order valence-electron chi connectivity index (χ3n) is 5.10. The van der Waals surface area contributed by atoms with Gasteiger partial charge in [-0.25, -0.2) is 0 Å². The van der Waals surface area contributed by atoms with Gasteiger partial charge in [0, 0.05) is 19.4 Å². The van der Waals surface area contributed by atoms with Gasteiger partial charge in [-0.2, -0.15) is 0 Å². The van der Waals surface area contributed by atoms with Crippen molar-refractivity contribution in [1.82, 2.24) is 10.6 Å². The lowest BCUT2D eigenvalue weighted by molar-refractivity contribution is -0.121. The molecule has 0 spiro atoms. The molecule has 5 nitrogen and oxygen atoms in total. The zero-order valence-corrected chi connectivity index (χ0v) is 19.0. The molecular weight excluding hydrogens is 364 g/mol. The molecule has 0 fully saturated rings. The van der Waals surface area contributed by atoms with E-state index in [0.29, 0.717) is 25.9 Å². The van der Waals surface area contributed by atoms with Crippen molar-refractivity contribution in [2.75, 3.05) is 19.6 Å². The van der Waals surface area contributed by atoms with Crippen LogP contribution in [0.2, 0.25) is 0 Å². The number of rotatable bonds is 22. The highest BCUT2D eigenvalue weighted by Crippen LogP contribution is 2.09. The van der Waals surface area contributed by atoms with Crippen LogP contribution in [-0.2, 0) is 4.79 Å². The topological polar surface area (TPSA) is 81.6 Å². The molecule has 0 heterocycles. The quantitative estimate of drug-likeness (QED) is 0.117. The lowest BCUT2D eigenvalue weighted by Gasteiger charge is -2.07. The summed E-state index contributed by atoms with van der Waals surface area (Å²) in [6, 6.07) is 0. The zero-order valence-electron chi connectivity index (χ0n) is 19.0. The number of allylic oxidation sites excluding steroid dienone is 2. The Hall–Kier alpha value is -0.910. The molecule has 5 heteroatoms. The van der Waals surface area contributed by atoms with Gasteiger partial charge >= 0.3 is 0 Å². The van der Waals surface area contributed by atoms with Gasteiger partial charge in [-0.05, 0) is 51.6 Å². The first-order valence-electron chi connectivity index (χ1n) is 12.1. The zero-order chi connectivity index (χ0) is 21.4. The standard InChI is InChI=1S/C24H48N2O3/c1-2-3-4-5-6-7-8-9-10-11-12-13-14-15-16-18-23(27)26-21-17-20-25-22-19-24(28)29/h9-10,24-25,28-29H,2-8,11-22H2,1H3,(H,26,27)/b10-9-. The minimum absolute atomic E-state index is 0.147. The predicted octanol–water partition coefficient (Wildman–Crippen LogP) is 4.82. The lowest BCUT2D eigenvalue weighted by atomic mass is 10.1. The van der Waals surface area contributed by atoms with Gasteiger partial charge in [0.05, 0.1) is 0 Å². The van der Waals surface area contributed by atoms with Crippen molar-refractivity contribution in [3.05, 3.63) is 12.2 Å². The van der Waals surface area contributed by atoms with Gasteiger partial charge in [-0.3, -0.25) is 4.79 Å². The second-order valence-corrected chi connectivity index (χ2v) is 8.06. The van der Waals surface area contributed by atoms with E-state index >= 15 is 0 Å². The largest absolute Gasteiger partial charge is 0.368 e. The van der Waals surface area contributed by atoms with Crippen LogP contribution in [0.5, 0.6) is 0 Å². The summed E-state index contributed by atoms with van der Waals surface area (Å²) in [5.74, 6) is 0.147. The van der Waals surface area contributed by atoms with E-state index < -0.39 is 6.29 Å². The van der Waals surface area contributed by atoms with Gasteiger partial charge in [0.2, 0.25) is 5.91 Å². The van der Waals surface area contributed by atoms with Crippen LogP contribution in [0.4, 0.5) is 0 Å². The second-order valence-electron chi connectivity index (χ2n) is 8.06. The molecule has 4 N–H and O–H groups in total. The van der Waals surface area contributed by atoms with Crippen LogP contribution >= 0.6 is 0 Å². The van der Waals surface area contributed by atoms with Crippen LogP contribution in [0.15, 0.2) is 12.2 Å². The molecule has 0 aliphatic carbocycles. The average molecular weight is 413 g/mol. The summed E-state index contributed by atoms with van der Waals surface area (Å²) >= 11 is 0. The van der Waals surface area contributed by atoms with E-state index in [1.54, 1.807) is 0 Å². The maximum atomic E-state index is 11.7. The Labute approximate surface area is 179 Å². The van der Waals surface area contributed by atoms with Crippen LogP contribution in [-0.4, -0.2) is 42.0 Å². The lowest BCUT2D eigenvalue weighted by Crippen LogP contribution is -2.28. The molecular formula is C24H48N2O3. The third-order valence-corrected chi connectivity index (χ3v) is 5.10. The molecule has 172 valence electrons. The average Bonchev–Trinajstić information content (AvgIpc) is 2.70. The molecule has 0 atom stereocenters. The van der Waals surface area contributed by atoms with Crippen LogP contribution in [0.1, 0.15) is 110 Å². The Kier molecular flexibility index (Phi) is 22.6. The number of carbonyl (C=O) groups excluding carboxylic acids is 1. The van der Waals surface area contributed by atoms with E-state index in [0.717, 1.165) is 25.8 Å². The minimum atomic E-state index is -1.24. The number of hydrogen-bond acceptors (Lipinski definition) is 4. The Morgan fingerprint density at radius 3 is 1.97 bits per heavy atom. The number of unbranched alkanes of at least 4 members (excludes halogenated alkanes) is 11. The van der Waals surface area contributed by atoms with Crippen molar-refractivity contribution in [3.8, 4) is 0 Å². The number of carbonyl (C=O) groups is 1. The minimum Gasteiger partial charge on any atom is -0.368 e. The normalized spacial score (nSPS) is 11.6. The van der Waals surface area contributed by atoms with Crippen molar-refractivity contribution in [2.24, 2.45) is 0 Å². The van der Waals surface area contributed by atoms with Gasteiger partial charge in [0.15, 0.2) is 6.29 Å². The fourth-order valence-corrected chi connectivity index (χ4v) is 3.24. The van der Waals surface area contributed by atoms with Gasteiger partial charge in [0.25, 0.3) is 0 Å². The van der Waals surface area contributed by atoms with Crippen molar-refractivity contribution in [1.29, 1.82) is 0 Å². The number of amides is 1. The van der Waals surface area contributed by atoms with E-state index in [4.69, 9.17) is 10.2 Å². The van der Waals surface area contributed by atoms with Crippen LogP contribution < -0.4 is 10.6 Å². The van der Waals surface area contributed by atoms with Gasteiger partial charge in [-0.15, -0.1) is 0 Å². The molecule has 0 saturated heterocycles. The first-order valence-corrected chi connectivity index (χ1v) is 12.1. The first-order chi connectivity index (χ1) is 14.2. The summed E-state index contributed by atoms with van der Waals surface area (Å²) in [5, 5.41) is 23.5. The summed E-state index contributed by atoms with van der Waals surface area (Å²) in [7, 11) is 0. The van der Waals surface area contributed by atoms with Crippen LogP contribution in [0, 0.1) is 0 Å². The van der Waals surface area contributed by atoms with E-state index in [1.807, 2.05) is 0 Å². The smallest absolute Gasteiger partial charge is 0.219 e. The summed E-state index contributed by atoms with van der Waals surface area (Å²) in [6.45, 7) is 4.30. The van der Waals surface area contributed by atoms with Gasteiger partial charge in [-0.1, -0.05) is 70.4 Å². The van der Waals surface area contributed by atoms with E-state index in [1.165, 1.54) is 70.6 Å². The van der Waals surface area contributed by atoms with Crippen molar-refractivity contribution < 1.29 is 15.0 Å². The molecule has 0 bridgehead atoms. The molecule has 0 aromatic carbocycles. The second kappa shape index (κ2) is 23.4. The van der Waals surface area contributed by atoms with Gasteiger partial charge < -0.3 is 20.8 Å². The molecule has 0 aromatic rings. The molecule has 0 rings (SSSR count). The van der Waals surface area contributed by atoms with E-state index in [9.17, 15) is 4.79 Å². The van der Waals surface area contributed by atoms with Crippen LogP contribution in [0.3, 0.4) is 0 Å². The molecule has 0 unspecified atom stereocenters. The number of aliphatic hydroxyl groups is 2. The monoisotopic (exact) mass is 412 g/mol. The molecule has 0 aliphatic rings. The number of aliphatic hydroxyl groups excluding tert-OH is 1. The van der Waals surface area contributed by atoms with Gasteiger partial charge in [0.1, 0.15) is 0 Å². The van der Waals surface area contributed by atoms with E-state index in [2.05, 4.69) is 29.7 Å². The molecule has 29 heavy (non-hydrogen) atoms. The highest BCUT2D eigenvalue weighted by Gasteiger charge is 2.00. The Bertz CT molecular complexity index is 373. The molecule has 0 radical (unpaired) electrons. The van der Waals surface area contributed by atoms with Crippen molar-refractivity contribution in [2.45, 2.75) is 116 Å². The Morgan fingerprint density at radius 1 is 0.759 bits per heavy atom. The molecule has 0 aromatic heterocycles. The number of nitrogens with one attached hydrogen (secondary N) is 2. The summed E-state index contributed by atoms with van der Waals surface area (Å²) in [6.07, 6.45) is 21.8. The fourth-order valence-electron chi connectivity index (χ4n) is 3.24. The number of hydrogen-bond donors (Lipinski definition) is 4. The summed E-state index contributed by atoms with van der Waals surface area (Å²) in [4.78, 5) is 11.7. The highest BCUT2D eigenvalue weighted by atomic mass is 16.5. The maximum Gasteiger partial charge on any atom is 0.219 e. The molecule has 0 aliphatic heterocycles. The Balaban J connectivity index is 3.21. The SMILES string of the molecule is CCCCCCCC/C=C\CCCCCCCC(=O)NCCCNCCC(O)O. The fraction of sp³-hybridized carbons (Fsp3) is 0.875. The summed E-state index contributed by atoms with van der Waals surface area (Å²) < 4.78 is 0. The highest BCUT2D eigenvalue weighted by molar-refractivity contribution is 5.75. The molecule has 0 saturated carbocycles. The van der Waals surface area contributed by atoms with Crippen molar-refractivity contribution in [3.63, 3.8) is 0 Å². The predicted molar refractivity (Wildman–Crippen MR) is 123 cm³/mol.